The van der Waals surface area contributed by atoms with Gasteiger partial charge in [0.1, 0.15) is 5.69 Å². The summed E-state index contributed by atoms with van der Waals surface area (Å²) in [5.74, 6) is 0.164. The predicted molar refractivity (Wildman–Crippen MR) is 75.1 cm³/mol. The molecule has 1 atom stereocenters. The maximum Gasteiger partial charge on any atom is 0.292 e. The topological polar surface area (TPSA) is 72.4 Å². The highest BCUT2D eigenvalue weighted by molar-refractivity contribution is 5.92. The van der Waals surface area contributed by atoms with E-state index in [1.165, 1.54) is 0 Å². The zero-order valence-electron chi connectivity index (χ0n) is 11.2. The van der Waals surface area contributed by atoms with Crippen LogP contribution >= 0.6 is 0 Å². The summed E-state index contributed by atoms with van der Waals surface area (Å²) in [7, 11) is 0. The summed E-state index contributed by atoms with van der Waals surface area (Å²) in [6.07, 6.45) is 1.95. The van der Waals surface area contributed by atoms with E-state index in [-0.39, 0.29) is 17.7 Å². The lowest BCUT2D eigenvalue weighted by Gasteiger charge is -2.21. The van der Waals surface area contributed by atoms with E-state index in [9.17, 15) is 4.79 Å². The summed E-state index contributed by atoms with van der Waals surface area (Å²) in [4.78, 5) is 14.2. The quantitative estimate of drug-likeness (QED) is 0.925. The molecule has 5 nitrogen and oxygen atoms in total. The van der Waals surface area contributed by atoms with Gasteiger partial charge < -0.3 is 15.2 Å². The van der Waals surface area contributed by atoms with Crippen LogP contribution in [0.25, 0.3) is 11.3 Å². The molecule has 0 aliphatic carbocycles. The number of carbonyl (C=O) groups is 1. The Morgan fingerprint density at radius 2 is 2.20 bits per heavy atom. The number of amides is 1. The largest absolute Gasteiger partial charge is 0.350 e. The second-order valence-corrected chi connectivity index (χ2v) is 4.97. The van der Waals surface area contributed by atoms with Crippen LogP contribution in [0.1, 0.15) is 23.4 Å². The molecule has 3 rings (SSSR count). The Morgan fingerprint density at radius 1 is 1.40 bits per heavy atom. The number of hydrogen-bond acceptors (Lipinski definition) is 4. The summed E-state index contributed by atoms with van der Waals surface area (Å²) in [5, 5.41) is 3.98. The maximum absolute atomic E-state index is 12.4. The Hall–Kier alpha value is -2.14. The third-order valence-corrected chi connectivity index (χ3v) is 3.70. The van der Waals surface area contributed by atoms with Gasteiger partial charge in [-0.1, -0.05) is 35.5 Å². The first kappa shape index (κ1) is 12.9. The molecule has 1 amide bonds. The Bertz CT molecular complexity index is 594. The van der Waals surface area contributed by atoms with Gasteiger partial charge in [-0.25, -0.2) is 0 Å². The summed E-state index contributed by atoms with van der Waals surface area (Å²) in [6, 6.07) is 11.5. The number of likely N-dealkylation sites (tertiary alicyclic amines) is 1. The van der Waals surface area contributed by atoms with Crippen molar-refractivity contribution >= 4 is 5.91 Å². The molecule has 2 N–H and O–H groups in total. The van der Waals surface area contributed by atoms with E-state index < -0.39 is 0 Å². The van der Waals surface area contributed by atoms with Crippen molar-refractivity contribution in [3.63, 3.8) is 0 Å². The highest BCUT2D eigenvalue weighted by Gasteiger charge is 2.30. The first-order chi connectivity index (χ1) is 9.79. The SMILES string of the molecule is NCC1CCCN1C(=O)c1cc(-c2ccccc2)no1. The van der Waals surface area contributed by atoms with Crippen LogP contribution in [0.15, 0.2) is 40.9 Å². The maximum atomic E-state index is 12.4. The van der Waals surface area contributed by atoms with Gasteiger partial charge >= 0.3 is 0 Å². The third-order valence-electron chi connectivity index (χ3n) is 3.70. The van der Waals surface area contributed by atoms with Crippen LogP contribution in [0.5, 0.6) is 0 Å². The zero-order chi connectivity index (χ0) is 13.9. The van der Waals surface area contributed by atoms with Gasteiger partial charge in [-0.15, -0.1) is 0 Å². The molecule has 1 aromatic carbocycles. The lowest BCUT2D eigenvalue weighted by molar-refractivity contribution is 0.0699. The van der Waals surface area contributed by atoms with Crippen molar-refractivity contribution in [1.82, 2.24) is 10.1 Å². The Morgan fingerprint density at radius 3 is 2.95 bits per heavy atom. The Kier molecular flexibility index (Phi) is 3.52. The van der Waals surface area contributed by atoms with Crippen LogP contribution in [-0.4, -0.2) is 35.1 Å². The van der Waals surface area contributed by atoms with Crippen LogP contribution in [0.2, 0.25) is 0 Å². The zero-order valence-corrected chi connectivity index (χ0v) is 11.2. The summed E-state index contributed by atoms with van der Waals surface area (Å²) < 4.78 is 5.20. The van der Waals surface area contributed by atoms with E-state index in [1.807, 2.05) is 30.3 Å². The Labute approximate surface area is 117 Å². The molecule has 104 valence electrons. The van der Waals surface area contributed by atoms with Crippen LogP contribution in [0.3, 0.4) is 0 Å². The third kappa shape index (κ3) is 2.32. The van der Waals surface area contributed by atoms with Crippen molar-refractivity contribution < 1.29 is 9.32 Å². The minimum atomic E-state index is -0.118. The summed E-state index contributed by atoms with van der Waals surface area (Å²) >= 11 is 0. The Balaban J connectivity index is 1.82. The number of carbonyl (C=O) groups excluding carboxylic acids is 1. The van der Waals surface area contributed by atoms with E-state index in [4.69, 9.17) is 10.3 Å². The molecule has 1 aliphatic rings. The van der Waals surface area contributed by atoms with Crippen molar-refractivity contribution in [3.05, 3.63) is 42.2 Å². The first-order valence-electron chi connectivity index (χ1n) is 6.83. The fraction of sp³-hybridized carbons (Fsp3) is 0.333. The molecule has 0 radical (unpaired) electrons. The lowest BCUT2D eigenvalue weighted by atomic mass is 10.1. The van der Waals surface area contributed by atoms with Gasteiger partial charge in [0.25, 0.3) is 5.91 Å². The molecule has 2 heterocycles. The summed E-state index contributed by atoms with van der Waals surface area (Å²) in [6.45, 7) is 1.23. The molecular weight excluding hydrogens is 254 g/mol. The van der Waals surface area contributed by atoms with E-state index in [0.29, 0.717) is 12.2 Å². The molecule has 1 aromatic heterocycles. The van der Waals surface area contributed by atoms with Gasteiger partial charge in [-0.3, -0.25) is 4.79 Å². The number of aromatic nitrogens is 1. The van der Waals surface area contributed by atoms with Crippen molar-refractivity contribution in [3.8, 4) is 11.3 Å². The number of rotatable bonds is 3. The summed E-state index contributed by atoms with van der Waals surface area (Å²) in [5.41, 5.74) is 7.31. The van der Waals surface area contributed by atoms with Crippen molar-refractivity contribution in [2.45, 2.75) is 18.9 Å². The average molecular weight is 271 g/mol. The molecule has 1 saturated heterocycles. The van der Waals surface area contributed by atoms with Crippen LogP contribution in [-0.2, 0) is 0 Å². The van der Waals surface area contributed by atoms with Crippen LogP contribution in [0, 0.1) is 0 Å². The van der Waals surface area contributed by atoms with E-state index in [1.54, 1.807) is 11.0 Å². The van der Waals surface area contributed by atoms with E-state index >= 15 is 0 Å². The van der Waals surface area contributed by atoms with Gasteiger partial charge in [0.15, 0.2) is 0 Å². The fourth-order valence-electron chi connectivity index (χ4n) is 2.61. The fourth-order valence-corrected chi connectivity index (χ4v) is 2.61. The van der Waals surface area contributed by atoms with Gasteiger partial charge in [0.2, 0.25) is 5.76 Å². The molecule has 1 fully saturated rings. The normalized spacial score (nSPS) is 18.4. The smallest absolute Gasteiger partial charge is 0.292 e. The molecule has 0 spiro atoms. The van der Waals surface area contributed by atoms with Crippen molar-refractivity contribution in [1.29, 1.82) is 0 Å². The lowest BCUT2D eigenvalue weighted by Crippen LogP contribution is -2.39. The van der Waals surface area contributed by atoms with Gasteiger partial charge in [0.05, 0.1) is 0 Å². The molecule has 0 saturated carbocycles. The van der Waals surface area contributed by atoms with E-state index in [2.05, 4.69) is 5.16 Å². The van der Waals surface area contributed by atoms with Gasteiger partial charge in [0, 0.05) is 30.8 Å². The average Bonchev–Trinajstić information content (AvgIpc) is 3.16. The minimum Gasteiger partial charge on any atom is -0.350 e. The molecule has 0 bridgehead atoms. The molecule has 20 heavy (non-hydrogen) atoms. The monoisotopic (exact) mass is 271 g/mol. The molecule has 1 aliphatic heterocycles. The molecule has 1 unspecified atom stereocenters. The standard InChI is InChI=1S/C15H17N3O2/c16-10-12-7-4-8-18(12)15(19)14-9-13(17-20-14)11-5-2-1-3-6-11/h1-3,5-6,9,12H,4,7-8,10,16H2. The first-order valence-corrected chi connectivity index (χ1v) is 6.83. The highest BCUT2D eigenvalue weighted by atomic mass is 16.5. The second-order valence-electron chi connectivity index (χ2n) is 4.97. The predicted octanol–water partition coefficient (Wildman–Crippen LogP) is 1.90. The number of nitrogens with two attached hydrogens (primary N) is 1. The van der Waals surface area contributed by atoms with Gasteiger partial charge in [-0.05, 0) is 12.8 Å². The molecule has 5 heteroatoms. The second kappa shape index (κ2) is 5.46. The van der Waals surface area contributed by atoms with Gasteiger partial charge in [-0.2, -0.15) is 0 Å². The van der Waals surface area contributed by atoms with Crippen molar-refractivity contribution in [2.24, 2.45) is 5.73 Å². The van der Waals surface area contributed by atoms with Crippen molar-refractivity contribution in [2.75, 3.05) is 13.1 Å². The minimum absolute atomic E-state index is 0.118. The van der Waals surface area contributed by atoms with Crippen LogP contribution in [0.4, 0.5) is 0 Å². The number of nitrogens with zero attached hydrogens (tertiary/aromatic N) is 2. The number of benzene rings is 1. The molecular formula is C15H17N3O2. The number of hydrogen-bond donors (Lipinski definition) is 1. The van der Waals surface area contributed by atoms with Crippen LogP contribution < -0.4 is 5.73 Å². The highest BCUT2D eigenvalue weighted by Crippen LogP contribution is 2.23. The molecule has 2 aromatic rings. The van der Waals surface area contributed by atoms with E-state index in [0.717, 1.165) is 24.9 Å².